The fourth-order valence-electron chi connectivity index (χ4n) is 4.26. The van der Waals surface area contributed by atoms with Crippen LogP contribution < -0.4 is 4.72 Å². The molecule has 2 aromatic carbocycles. The Morgan fingerprint density at radius 2 is 1.76 bits per heavy atom. The Kier molecular flexibility index (Phi) is 6.47. The van der Waals surface area contributed by atoms with Crippen molar-refractivity contribution in [3.63, 3.8) is 0 Å². The van der Waals surface area contributed by atoms with Gasteiger partial charge < -0.3 is 9.64 Å². The highest BCUT2D eigenvalue weighted by Crippen LogP contribution is 2.32. The molecular formula is C22H22F4N2O4S. The van der Waals surface area contributed by atoms with E-state index in [0.29, 0.717) is 13.0 Å². The number of ether oxygens (including phenoxy) is 1. The highest BCUT2D eigenvalue weighted by atomic mass is 32.2. The van der Waals surface area contributed by atoms with Crippen molar-refractivity contribution < 1.29 is 35.5 Å². The maximum atomic E-state index is 15.4. The molecule has 0 spiro atoms. The summed E-state index contributed by atoms with van der Waals surface area (Å²) in [6.45, 7) is 0.00520. The molecule has 1 N–H and O–H groups in total. The molecule has 2 aliphatic heterocycles. The van der Waals surface area contributed by atoms with Gasteiger partial charge in [0, 0.05) is 17.5 Å². The lowest BCUT2D eigenvalue weighted by Crippen LogP contribution is -2.53. The lowest BCUT2D eigenvalue weighted by Gasteiger charge is -2.34. The molecule has 2 saturated heterocycles. The number of hydrogen-bond acceptors (Lipinski definition) is 4. The van der Waals surface area contributed by atoms with Crippen molar-refractivity contribution in [3.8, 4) is 11.1 Å². The fraction of sp³-hybridized carbons (Fsp3) is 0.409. The van der Waals surface area contributed by atoms with Crippen LogP contribution in [0.1, 0.15) is 12.0 Å². The van der Waals surface area contributed by atoms with E-state index in [0.717, 1.165) is 12.3 Å². The summed E-state index contributed by atoms with van der Waals surface area (Å²) in [5, 5.41) is 0. The molecule has 0 radical (unpaired) electrons. The Morgan fingerprint density at radius 1 is 1.12 bits per heavy atom. The molecule has 33 heavy (non-hydrogen) atoms. The Balaban J connectivity index is 1.70. The average Bonchev–Trinajstić information content (AvgIpc) is 2.99. The summed E-state index contributed by atoms with van der Waals surface area (Å²) in [4.78, 5) is 14.0. The minimum absolute atomic E-state index is 0.00268. The molecule has 2 aromatic rings. The van der Waals surface area contributed by atoms with Crippen LogP contribution in [-0.2, 0) is 26.0 Å². The van der Waals surface area contributed by atoms with Crippen molar-refractivity contribution in [2.75, 3.05) is 19.4 Å². The van der Waals surface area contributed by atoms with Gasteiger partial charge in [-0.3, -0.25) is 4.79 Å². The molecule has 11 heteroatoms. The summed E-state index contributed by atoms with van der Waals surface area (Å²) in [7, 11) is -3.84. The summed E-state index contributed by atoms with van der Waals surface area (Å²) >= 11 is 0. The number of nitrogens with one attached hydrogen (secondary N) is 1. The standard InChI is InChI=1S/C22H22F4N2O4S/c1-33(30,31)27-21-16(24)11-28(22(29)18-8-9-32-18)17(21)10-12-4-2-5-13(19(12)25)14-6-3-7-15(23)20(14)26/h2-7,16-18,21,27H,8-11H2,1H3/t16-,17-,18?,21-/m0/s1. The zero-order chi connectivity index (χ0) is 23.9. The van der Waals surface area contributed by atoms with E-state index in [-0.39, 0.29) is 29.7 Å². The number of likely N-dealkylation sites (tertiary alicyclic amines) is 1. The van der Waals surface area contributed by atoms with Crippen molar-refractivity contribution in [2.24, 2.45) is 0 Å². The van der Waals surface area contributed by atoms with E-state index in [2.05, 4.69) is 4.72 Å². The van der Waals surface area contributed by atoms with Gasteiger partial charge in [-0.1, -0.05) is 30.3 Å². The van der Waals surface area contributed by atoms with Crippen molar-refractivity contribution in [1.29, 1.82) is 0 Å². The van der Waals surface area contributed by atoms with Crippen molar-refractivity contribution in [2.45, 2.75) is 37.2 Å². The van der Waals surface area contributed by atoms with Gasteiger partial charge in [-0.2, -0.15) is 0 Å². The number of hydrogen-bond donors (Lipinski definition) is 1. The molecule has 4 rings (SSSR count). The molecule has 2 fully saturated rings. The summed E-state index contributed by atoms with van der Waals surface area (Å²) in [5.41, 5.74) is -0.485. The smallest absolute Gasteiger partial charge is 0.252 e. The highest BCUT2D eigenvalue weighted by Gasteiger charge is 2.48. The molecule has 0 aliphatic carbocycles. The SMILES string of the molecule is CS(=O)(=O)N[C@H]1[C@@H](F)CN(C(=O)C2CCO2)[C@H]1Cc1cccc(-c2cccc(F)c2F)c1F. The van der Waals surface area contributed by atoms with Crippen LogP contribution >= 0.6 is 0 Å². The van der Waals surface area contributed by atoms with Crippen LogP contribution in [0.5, 0.6) is 0 Å². The quantitative estimate of drug-likeness (QED) is 0.637. The first kappa shape index (κ1) is 23.7. The third-order valence-corrected chi connectivity index (χ3v) is 6.63. The first-order valence-electron chi connectivity index (χ1n) is 10.3. The number of alkyl halides is 1. The number of amides is 1. The Morgan fingerprint density at radius 3 is 2.36 bits per heavy atom. The van der Waals surface area contributed by atoms with E-state index < -0.39 is 57.7 Å². The lowest BCUT2D eigenvalue weighted by molar-refractivity contribution is -0.157. The van der Waals surface area contributed by atoms with Gasteiger partial charge in [0.05, 0.1) is 31.5 Å². The van der Waals surface area contributed by atoms with Crippen LogP contribution in [0.3, 0.4) is 0 Å². The number of nitrogens with zero attached hydrogens (tertiary/aromatic N) is 1. The fourth-order valence-corrected chi connectivity index (χ4v) is 5.06. The molecule has 4 atom stereocenters. The average molecular weight is 486 g/mol. The topological polar surface area (TPSA) is 75.7 Å². The normalized spacial score (nSPS) is 25.2. The van der Waals surface area contributed by atoms with E-state index in [9.17, 15) is 26.4 Å². The van der Waals surface area contributed by atoms with Gasteiger partial charge in [0.25, 0.3) is 5.91 Å². The Hall–Kier alpha value is -2.50. The van der Waals surface area contributed by atoms with Gasteiger partial charge in [-0.15, -0.1) is 0 Å². The molecule has 6 nitrogen and oxygen atoms in total. The summed E-state index contributed by atoms with van der Waals surface area (Å²) < 4.78 is 89.3. The summed E-state index contributed by atoms with van der Waals surface area (Å²) in [6.07, 6.45) is -1.41. The van der Waals surface area contributed by atoms with Gasteiger partial charge in [0.2, 0.25) is 10.0 Å². The summed E-state index contributed by atoms with van der Waals surface area (Å²) in [5.74, 6) is -3.72. The Bertz CT molecular complexity index is 1170. The molecular weight excluding hydrogens is 464 g/mol. The van der Waals surface area contributed by atoms with Gasteiger partial charge in [-0.25, -0.2) is 30.7 Å². The van der Waals surface area contributed by atoms with Gasteiger partial charge >= 0.3 is 0 Å². The van der Waals surface area contributed by atoms with E-state index in [1.165, 1.54) is 35.2 Å². The highest BCUT2D eigenvalue weighted by molar-refractivity contribution is 7.88. The third-order valence-electron chi connectivity index (χ3n) is 5.93. The van der Waals surface area contributed by atoms with E-state index in [1.54, 1.807) is 0 Å². The second kappa shape index (κ2) is 9.03. The first-order chi connectivity index (χ1) is 15.6. The monoisotopic (exact) mass is 486 g/mol. The molecule has 2 aliphatic rings. The van der Waals surface area contributed by atoms with Crippen LogP contribution in [-0.4, -0.2) is 63.0 Å². The maximum Gasteiger partial charge on any atom is 0.252 e. The van der Waals surface area contributed by atoms with Crippen LogP contribution in [0.15, 0.2) is 36.4 Å². The van der Waals surface area contributed by atoms with Crippen molar-refractivity contribution >= 4 is 15.9 Å². The van der Waals surface area contributed by atoms with Crippen LogP contribution in [0.4, 0.5) is 17.6 Å². The maximum absolute atomic E-state index is 15.4. The van der Waals surface area contributed by atoms with Crippen LogP contribution in [0.2, 0.25) is 0 Å². The van der Waals surface area contributed by atoms with E-state index in [4.69, 9.17) is 4.74 Å². The minimum atomic E-state index is -3.84. The number of halogens is 4. The number of carbonyl (C=O) groups is 1. The number of benzene rings is 2. The zero-order valence-corrected chi connectivity index (χ0v) is 18.4. The molecule has 1 amide bonds. The second-order valence-electron chi connectivity index (χ2n) is 8.22. The number of carbonyl (C=O) groups excluding carboxylic acids is 1. The first-order valence-corrected chi connectivity index (χ1v) is 12.2. The van der Waals surface area contributed by atoms with E-state index in [1.807, 2.05) is 0 Å². The minimum Gasteiger partial charge on any atom is -0.368 e. The largest absolute Gasteiger partial charge is 0.368 e. The van der Waals surface area contributed by atoms with Gasteiger partial charge in [0.1, 0.15) is 18.1 Å². The second-order valence-corrected chi connectivity index (χ2v) is 10.0. The predicted octanol–water partition coefficient (Wildman–Crippen LogP) is 2.57. The van der Waals surface area contributed by atoms with Crippen LogP contribution in [0.25, 0.3) is 11.1 Å². The number of sulfonamides is 1. The molecule has 1 unspecified atom stereocenters. The van der Waals surface area contributed by atoms with Gasteiger partial charge in [0.15, 0.2) is 11.6 Å². The van der Waals surface area contributed by atoms with Gasteiger partial charge in [-0.05, 0) is 18.1 Å². The van der Waals surface area contributed by atoms with Crippen molar-refractivity contribution in [3.05, 3.63) is 59.4 Å². The molecule has 2 heterocycles. The van der Waals surface area contributed by atoms with E-state index >= 15 is 4.39 Å². The third kappa shape index (κ3) is 4.75. The molecule has 0 aromatic heterocycles. The van der Waals surface area contributed by atoms with Crippen LogP contribution in [0, 0.1) is 17.5 Å². The zero-order valence-electron chi connectivity index (χ0n) is 17.6. The Labute approximate surface area is 188 Å². The number of rotatable bonds is 6. The molecule has 0 bridgehead atoms. The lowest BCUT2D eigenvalue weighted by atomic mass is 9.95. The summed E-state index contributed by atoms with van der Waals surface area (Å²) in [6, 6.07) is 5.11. The van der Waals surface area contributed by atoms with Crippen molar-refractivity contribution in [1.82, 2.24) is 9.62 Å². The molecule has 0 saturated carbocycles. The molecule has 178 valence electrons. The predicted molar refractivity (Wildman–Crippen MR) is 112 cm³/mol.